The topological polar surface area (TPSA) is 62.5 Å². The third-order valence-corrected chi connectivity index (χ3v) is 4.34. The summed E-state index contributed by atoms with van der Waals surface area (Å²) in [6.07, 6.45) is 3.42. The second-order valence-electron chi connectivity index (χ2n) is 5.89. The Bertz CT molecular complexity index is 1150. The summed E-state index contributed by atoms with van der Waals surface area (Å²) in [4.78, 5) is 13.5. The maximum absolute atomic E-state index is 8.95. The van der Waals surface area contributed by atoms with Gasteiger partial charge in [0.1, 0.15) is 0 Å². The van der Waals surface area contributed by atoms with E-state index in [0.717, 1.165) is 28.2 Å². The van der Waals surface area contributed by atoms with Gasteiger partial charge in [-0.2, -0.15) is 5.26 Å². The van der Waals surface area contributed by atoms with Crippen LogP contribution in [0.25, 0.3) is 33.9 Å². The fourth-order valence-corrected chi connectivity index (χ4v) is 2.91. The van der Waals surface area contributed by atoms with Crippen molar-refractivity contribution in [2.24, 2.45) is 0 Å². The molecule has 0 radical (unpaired) electrons. The lowest BCUT2D eigenvalue weighted by atomic mass is 10.0. The van der Waals surface area contributed by atoms with Crippen LogP contribution in [0, 0.1) is 11.3 Å². The molecule has 4 rings (SSSR count). The number of benzene rings is 1. The second kappa shape index (κ2) is 7.36. The Morgan fingerprint density at radius 2 is 1.37 bits per heavy atom. The summed E-state index contributed by atoms with van der Waals surface area (Å²) >= 11 is 6.06. The van der Waals surface area contributed by atoms with Crippen LogP contribution >= 0.6 is 11.6 Å². The lowest BCUT2D eigenvalue weighted by Crippen LogP contribution is -1.92. The van der Waals surface area contributed by atoms with Crippen LogP contribution in [0.3, 0.4) is 0 Å². The second-order valence-corrected chi connectivity index (χ2v) is 6.32. The third kappa shape index (κ3) is 3.69. The van der Waals surface area contributed by atoms with Gasteiger partial charge in [-0.15, -0.1) is 0 Å². The number of hydrogen-bond donors (Lipinski definition) is 0. The molecule has 4 nitrogen and oxygen atoms in total. The van der Waals surface area contributed by atoms with Crippen LogP contribution in [0.2, 0.25) is 5.02 Å². The average molecular weight is 369 g/mol. The van der Waals surface area contributed by atoms with E-state index in [-0.39, 0.29) is 0 Å². The number of nitriles is 1. The van der Waals surface area contributed by atoms with E-state index in [1.807, 2.05) is 42.5 Å². The minimum atomic E-state index is 0.619. The van der Waals surface area contributed by atoms with Gasteiger partial charge in [0.05, 0.1) is 34.4 Å². The summed E-state index contributed by atoms with van der Waals surface area (Å²) < 4.78 is 0. The lowest BCUT2D eigenvalue weighted by molar-refractivity contribution is 1.22. The van der Waals surface area contributed by atoms with Gasteiger partial charge >= 0.3 is 0 Å². The molecule has 128 valence electrons. The van der Waals surface area contributed by atoms with Crippen LogP contribution < -0.4 is 0 Å². The number of halogens is 1. The van der Waals surface area contributed by atoms with Crippen molar-refractivity contribution in [1.29, 1.82) is 5.26 Å². The minimum absolute atomic E-state index is 0.619. The molecular weight excluding hydrogens is 356 g/mol. The molecule has 3 aromatic heterocycles. The molecule has 4 aromatic rings. The largest absolute Gasteiger partial charge is 0.255 e. The molecule has 3 heterocycles. The Kier molecular flexibility index (Phi) is 4.61. The first-order chi connectivity index (χ1) is 13.2. The zero-order valence-electron chi connectivity index (χ0n) is 14.2. The summed E-state index contributed by atoms with van der Waals surface area (Å²) in [6.45, 7) is 0. The van der Waals surface area contributed by atoms with E-state index in [1.165, 1.54) is 0 Å². The molecule has 0 N–H and O–H groups in total. The highest BCUT2D eigenvalue weighted by molar-refractivity contribution is 6.30. The van der Waals surface area contributed by atoms with Gasteiger partial charge in [0.25, 0.3) is 0 Å². The molecule has 5 heteroatoms. The van der Waals surface area contributed by atoms with Crippen molar-refractivity contribution in [3.8, 4) is 40.0 Å². The number of rotatable bonds is 3. The monoisotopic (exact) mass is 368 g/mol. The van der Waals surface area contributed by atoms with Crippen molar-refractivity contribution in [3.05, 3.63) is 89.7 Å². The van der Waals surface area contributed by atoms with Crippen molar-refractivity contribution in [2.75, 3.05) is 0 Å². The van der Waals surface area contributed by atoms with E-state index >= 15 is 0 Å². The van der Waals surface area contributed by atoms with Crippen LogP contribution in [0.15, 0.2) is 79.1 Å². The molecule has 1 aromatic carbocycles. The summed E-state index contributed by atoms with van der Waals surface area (Å²) in [5, 5.41) is 9.57. The molecular formula is C22H13ClN4. The van der Waals surface area contributed by atoms with E-state index in [4.69, 9.17) is 16.9 Å². The number of nitrogens with zero attached hydrogens (tertiary/aromatic N) is 4. The van der Waals surface area contributed by atoms with Gasteiger partial charge in [-0.05, 0) is 59.7 Å². The maximum Gasteiger partial charge on any atom is 0.0991 e. The zero-order chi connectivity index (χ0) is 18.6. The average Bonchev–Trinajstić information content (AvgIpc) is 2.74. The minimum Gasteiger partial charge on any atom is -0.255 e. The Labute approximate surface area is 161 Å². The van der Waals surface area contributed by atoms with Gasteiger partial charge in [0.2, 0.25) is 0 Å². The van der Waals surface area contributed by atoms with Crippen LogP contribution in [0.1, 0.15) is 5.56 Å². The molecule has 0 aliphatic rings. The predicted molar refractivity (Wildman–Crippen MR) is 106 cm³/mol. The Morgan fingerprint density at radius 1 is 0.704 bits per heavy atom. The van der Waals surface area contributed by atoms with Gasteiger partial charge < -0.3 is 0 Å². The van der Waals surface area contributed by atoms with Crippen LogP contribution in [0.4, 0.5) is 0 Å². The molecule has 0 atom stereocenters. The molecule has 0 bridgehead atoms. The highest BCUT2D eigenvalue weighted by Gasteiger charge is 2.08. The quantitative estimate of drug-likeness (QED) is 0.486. The third-order valence-electron chi connectivity index (χ3n) is 4.10. The van der Waals surface area contributed by atoms with Crippen molar-refractivity contribution >= 4 is 11.6 Å². The Hall–Kier alpha value is -3.55. The van der Waals surface area contributed by atoms with E-state index in [9.17, 15) is 0 Å². The first-order valence-electron chi connectivity index (χ1n) is 8.29. The van der Waals surface area contributed by atoms with Crippen molar-refractivity contribution < 1.29 is 0 Å². The SMILES string of the molecule is N#Cc1ccc(-c2ccnc(-c3cccc(-c4cc(Cl)ccn4)n3)c2)cc1. The van der Waals surface area contributed by atoms with Crippen LogP contribution in [-0.2, 0) is 0 Å². The maximum atomic E-state index is 8.95. The van der Waals surface area contributed by atoms with E-state index in [1.54, 1.807) is 36.7 Å². The molecule has 0 unspecified atom stereocenters. The Balaban J connectivity index is 1.72. The standard InChI is InChI=1S/C22H13ClN4/c23-18-9-11-26-22(13-18)20-3-1-2-19(27-20)21-12-17(8-10-25-21)16-6-4-15(14-24)5-7-16/h1-13H. The molecule has 0 saturated carbocycles. The number of hydrogen-bond acceptors (Lipinski definition) is 4. The summed E-state index contributed by atoms with van der Waals surface area (Å²) in [5.41, 5.74) is 5.64. The molecule has 0 aliphatic heterocycles. The van der Waals surface area contributed by atoms with Crippen LogP contribution in [0.5, 0.6) is 0 Å². The smallest absolute Gasteiger partial charge is 0.0991 e. The molecule has 0 spiro atoms. The van der Waals surface area contributed by atoms with Gasteiger partial charge in [-0.25, -0.2) is 4.98 Å². The molecule has 0 amide bonds. The van der Waals surface area contributed by atoms with Gasteiger partial charge in [-0.1, -0.05) is 29.8 Å². The predicted octanol–water partition coefficient (Wildman–Crippen LogP) is 5.40. The number of aromatic nitrogens is 3. The first kappa shape index (κ1) is 16.9. The Morgan fingerprint density at radius 3 is 2.04 bits per heavy atom. The van der Waals surface area contributed by atoms with Gasteiger partial charge in [0, 0.05) is 17.4 Å². The summed E-state index contributed by atoms with van der Waals surface area (Å²) in [6, 6.07) is 22.8. The van der Waals surface area contributed by atoms with E-state index < -0.39 is 0 Å². The van der Waals surface area contributed by atoms with Crippen molar-refractivity contribution in [1.82, 2.24) is 15.0 Å². The first-order valence-corrected chi connectivity index (χ1v) is 8.67. The van der Waals surface area contributed by atoms with Crippen LogP contribution in [-0.4, -0.2) is 15.0 Å². The van der Waals surface area contributed by atoms with E-state index in [0.29, 0.717) is 16.3 Å². The van der Waals surface area contributed by atoms with Crippen molar-refractivity contribution in [2.45, 2.75) is 0 Å². The van der Waals surface area contributed by atoms with Gasteiger partial charge in [-0.3, -0.25) is 9.97 Å². The zero-order valence-corrected chi connectivity index (χ0v) is 14.9. The normalized spacial score (nSPS) is 10.4. The molecule has 0 fully saturated rings. The fraction of sp³-hybridized carbons (Fsp3) is 0. The molecule has 0 saturated heterocycles. The van der Waals surface area contributed by atoms with Crippen molar-refractivity contribution in [3.63, 3.8) is 0 Å². The lowest BCUT2D eigenvalue weighted by Gasteiger charge is -2.07. The van der Waals surface area contributed by atoms with Gasteiger partial charge in [0.15, 0.2) is 0 Å². The fourth-order valence-electron chi connectivity index (χ4n) is 2.75. The summed E-state index contributed by atoms with van der Waals surface area (Å²) in [5.74, 6) is 0. The van der Waals surface area contributed by atoms with E-state index in [2.05, 4.69) is 21.0 Å². The molecule has 27 heavy (non-hydrogen) atoms. The molecule has 0 aliphatic carbocycles. The number of pyridine rings is 3. The summed E-state index contributed by atoms with van der Waals surface area (Å²) in [7, 11) is 0. The highest BCUT2D eigenvalue weighted by atomic mass is 35.5. The highest BCUT2D eigenvalue weighted by Crippen LogP contribution is 2.26.